The van der Waals surface area contributed by atoms with E-state index in [2.05, 4.69) is 20.8 Å². The summed E-state index contributed by atoms with van der Waals surface area (Å²) in [5.41, 5.74) is 2.80. The van der Waals surface area contributed by atoms with Gasteiger partial charge in [0.05, 0.1) is 56.3 Å². The zero-order valence-corrected chi connectivity index (χ0v) is 56.5. The van der Waals surface area contributed by atoms with Gasteiger partial charge in [-0.1, -0.05) is 257 Å². The Labute approximate surface area is 511 Å². The molecule has 2 rings (SSSR count). The Bertz CT molecular complexity index is 1590. The van der Waals surface area contributed by atoms with Crippen molar-refractivity contribution in [3.05, 3.63) is 24.3 Å². The molecule has 0 radical (unpaired) electrons. The van der Waals surface area contributed by atoms with E-state index in [0.717, 1.165) is 32.1 Å². The number of nitrogens with two attached hydrogens (primary N) is 1. The average Bonchev–Trinajstić information content (AvgIpc) is 4.00. The van der Waals surface area contributed by atoms with Crippen LogP contribution in [-0.2, 0) is 18.9 Å². The van der Waals surface area contributed by atoms with E-state index in [1.165, 1.54) is 210 Å². The summed E-state index contributed by atoms with van der Waals surface area (Å²) < 4.78 is 22.7. The quantitative estimate of drug-likeness (QED) is 0.0289. The van der Waals surface area contributed by atoms with E-state index >= 15 is 0 Å². The maximum atomic E-state index is 12.7. The lowest BCUT2D eigenvalue weighted by Gasteiger charge is -2.36. The summed E-state index contributed by atoms with van der Waals surface area (Å²) in [6.07, 6.45) is 53.8. The molecule has 2 aliphatic heterocycles. The van der Waals surface area contributed by atoms with Gasteiger partial charge in [0.2, 0.25) is 0 Å². The summed E-state index contributed by atoms with van der Waals surface area (Å²) in [4.78, 5) is 28.5. The van der Waals surface area contributed by atoms with Crippen molar-refractivity contribution in [2.24, 2.45) is 5.73 Å². The molecule has 13 heteroatoms. The lowest BCUT2D eigenvalue weighted by atomic mass is 10.0. The highest BCUT2D eigenvalue weighted by molar-refractivity contribution is 5.70. The number of allylic oxidation sites excluding steroid dienone is 2. The molecule has 0 bridgehead atoms. The highest BCUT2D eigenvalue weighted by atomic mass is 16.6. The third-order valence-electron chi connectivity index (χ3n) is 15.9. The third-order valence-corrected chi connectivity index (χ3v) is 15.9. The van der Waals surface area contributed by atoms with Gasteiger partial charge in [0, 0.05) is 0 Å². The Kier molecular flexibility index (Phi) is 47.4. The number of hydrogen-bond acceptors (Lipinski definition) is 11. The number of unbranched alkanes of at least 4 members (excludes halogenated alkanes) is 34. The molecule has 0 aliphatic carbocycles. The van der Waals surface area contributed by atoms with Crippen LogP contribution in [0.2, 0.25) is 0 Å². The zero-order chi connectivity index (χ0) is 62.4. The third kappa shape index (κ3) is 42.3. The molecule has 2 fully saturated rings. The molecule has 83 heavy (non-hydrogen) atoms. The molecule has 492 valence electrons. The van der Waals surface area contributed by atoms with Crippen LogP contribution in [0.5, 0.6) is 0 Å². The molecule has 0 aromatic rings. The number of carbonyl (C=O) groups excluding carboxylic acids is 2. The van der Waals surface area contributed by atoms with Crippen molar-refractivity contribution in [2.45, 2.75) is 393 Å². The second-order valence-corrected chi connectivity index (χ2v) is 27.3. The van der Waals surface area contributed by atoms with Gasteiger partial charge in [-0.2, -0.15) is 0 Å². The molecule has 0 saturated carbocycles. The van der Waals surface area contributed by atoms with Gasteiger partial charge in [-0.3, -0.25) is 9.80 Å². The molecule has 2 amide bonds. The van der Waals surface area contributed by atoms with Gasteiger partial charge in [0.15, 0.2) is 0 Å². The molecule has 2 saturated heterocycles. The minimum Gasteiger partial charge on any atom is -0.444 e. The van der Waals surface area contributed by atoms with Crippen LogP contribution in [-0.4, -0.2) is 121 Å². The van der Waals surface area contributed by atoms with Crippen molar-refractivity contribution >= 4 is 12.2 Å². The Morgan fingerprint density at radius 2 is 0.783 bits per heavy atom. The molecule has 13 nitrogen and oxygen atoms in total. The maximum Gasteiger partial charge on any atom is 0.413 e. The van der Waals surface area contributed by atoms with Gasteiger partial charge >= 0.3 is 12.2 Å². The van der Waals surface area contributed by atoms with Crippen LogP contribution in [0, 0.1) is 0 Å². The summed E-state index contributed by atoms with van der Waals surface area (Å²) in [5, 5.41) is 39.7. The fourth-order valence-electron chi connectivity index (χ4n) is 10.8. The highest BCUT2D eigenvalue weighted by Gasteiger charge is 2.49. The lowest BCUT2D eigenvalue weighted by molar-refractivity contribution is -0.0685. The Morgan fingerprint density at radius 1 is 0.494 bits per heavy atom. The Balaban J connectivity index is 0.00000124. The predicted octanol–water partition coefficient (Wildman–Crippen LogP) is 18.1. The molecule has 0 aromatic heterocycles. The van der Waals surface area contributed by atoms with Crippen molar-refractivity contribution in [1.82, 2.24) is 9.80 Å². The normalized spacial score (nSPS) is 18.4. The SMILES string of the molecule is CCCCCCCCCCCCC/C=C/C(O)[C@@H](N)CO.CCCCCCCCCCCCC/C=C/C(O)[C@@H]1COC(C)(C)N1C(=O)OC(C)(C)C.CCCCCCCCCCCCCCCC(O)[C@@H]1COC(C)(C)N1C(=O)OC(C)(C)C. The first-order valence-corrected chi connectivity index (χ1v) is 34.4. The number of carbonyl (C=O) groups is 2. The first-order chi connectivity index (χ1) is 39.4. The van der Waals surface area contributed by atoms with E-state index in [-0.39, 0.29) is 12.6 Å². The van der Waals surface area contributed by atoms with E-state index in [4.69, 9.17) is 29.8 Å². The van der Waals surface area contributed by atoms with E-state index < -0.39 is 65.2 Å². The van der Waals surface area contributed by atoms with E-state index in [9.17, 15) is 24.9 Å². The Hall–Kier alpha value is -2.26. The molecular formula is C70H137N3O10. The number of amides is 2. The van der Waals surface area contributed by atoms with E-state index in [1.54, 1.807) is 11.0 Å². The van der Waals surface area contributed by atoms with Crippen LogP contribution < -0.4 is 5.73 Å². The molecule has 6 atom stereocenters. The van der Waals surface area contributed by atoms with Gasteiger partial charge < -0.3 is 45.1 Å². The maximum absolute atomic E-state index is 12.7. The summed E-state index contributed by atoms with van der Waals surface area (Å²) in [7, 11) is 0. The van der Waals surface area contributed by atoms with Crippen LogP contribution in [0.4, 0.5) is 9.59 Å². The standard InChI is InChI=1S/C26H51NO4.C26H49NO4.C18H37NO2/c2*1-7-8-9-10-11-12-13-14-15-16-17-18-19-20-23(28)22-21-30-26(5,6)27(22)24(29)31-25(2,3)4;1-2-3-4-5-6-7-8-9-10-11-12-13-14-15-18(21)17(19)16-20/h22-23,28H,7-21H2,1-6H3;19-20,22-23,28H,7-18,21H2,1-6H3;14-15,17-18,20-21H,2-13,16,19H2,1H3/b;20-19+;15-14+/t2*22-,23?;17-,18?/m000/s1. The average molecular weight is 1180 g/mol. The summed E-state index contributed by atoms with van der Waals surface area (Å²) in [6, 6.07) is -1.33. The molecule has 3 unspecified atom stereocenters. The van der Waals surface area contributed by atoms with Crippen molar-refractivity contribution in [3.8, 4) is 0 Å². The first kappa shape index (κ1) is 80.7. The predicted molar refractivity (Wildman–Crippen MR) is 348 cm³/mol. The molecule has 0 spiro atoms. The van der Waals surface area contributed by atoms with Gasteiger partial charge in [0.25, 0.3) is 0 Å². The minimum atomic E-state index is -0.794. The number of hydrogen-bond donors (Lipinski definition) is 5. The van der Waals surface area contributed by atoms with Crippen LogP contribution in [0.25, 0.3) is 0 Å². The minimum absolute atomic E-state index is 0.177. The van der Waals surface area contributed by atoms with E-state index in [1.807, 2.05) is 87.5 Å². The molecule has 2 heterocycles. The van der Waals surface area contributed by atoms with Crippen molar-refractivity contribution < 1.29 is 49.0 Å². The number of rotatable bonds is 44. The summed E-state index contributed by atoms with van der Waals surface area (Å²) >= 11 is 0. The number of aliphatic hydroxyl groups excluding tert-OH is 4. The lowest BCUT2D eigenvalue weighted by Crippen LogP contribution is -2.53. The van der Waals surface area contributed by atoms with Crippen molar-refractivity contribution in [2.75, 3.05) is 19.8 Å². The van der Waals surface area contributed by atoms with Crippen molar-refractivity contribution in [3.63, 3.8) is 0 Å². The fraction of sp³-hybridized carbons (Fsp3) is 0.914. The molecule has 6 N–H and O–H groups in total. The topological polar surface area (TPSA) is 184 Å². The number of nitrogens with zero attached hydrogens (tertiary/aromatic N) is 2. The smallest absolute Gasteiger partial charge is 0.413 e. The second kappa shape index (κ2) is 48.7. The van der Waals surface area contributed by atoms with Gasteiger partial charge in [-0.15, -0.1) is 0 Å². The largest absolute Gasteiger partial charge is 0.444 e. The molecule has 0 aromatic carbocycles. The summed E-state index contributed by atoms with van der Waals surface area (Å²) in [6.45, 7) is 25.7. The van der Waals surface area contributed by atoms with Gasteiger partial charge in [-0.25, -0.2) is 9.59 Å². The highest BCUT2D eigenvalue weighted by Crippen LogP contribution is 2.33. The van der Waals surface area contributed by atoms with Crippen LogP contribution in [0.3, 0.4) is 0 Å². The van der Waals surface area contributed by atoms with Crippen molar-refractivity contribution in [1.29, 1.82) is 0 Å². The first-order valence-electron chi connectivity index (χ1n) is 34.4. The summed E-state index contributed by atoms with van der Waals surface area (Å²) in [5.74, 6) is 0. The Morgan fingerprint density at radius 3 is 1.11 bits per heavy atom. The molecular weight excluding hydrogens is 1040 g/mol. The number of aliphatic hydroxyl groups is 4. The number of ether oxygens (including phenoxy) is 4. The van der Waals surface area contributed by atoms with Crippen LogP contribution in [0.15, 0.2) is 24.3 Å². The van der Waals surface area contributed by atoms with Gasteiger partial charge in [-0.05, 0) is 101 Å². The van der Waals surface area contributed by atoms with E-state index in [0.29, 0.717) is 19.6 Å². The van der Waals surface area contributed by atoms with Crippen LogP contribution >= 0.6 is 0 Å². The fourth-order valence-corrected chi connectivity index (χ4v) is 10.8. The van der Waals surface area contributed by atoms with Crippen LogP contribution in [0.1, 0.15) is 334 Å². The zero-order valence-electron chi connectivity index (χ0n) is 56.5. The second-order valence-electron chi connectivity index (χ2n) is 27.3. The van der Waals surface area contributed by atoms with Gasteiger partial charge in [0.1, 0.15) is 22.7 Å². The molecule has 2 aliphatic rings. The monoisotopic (exact) mass is 1180 g/mol.